The molecule has 0 radical (unpaired) electrons. The summed E-state index contributed by atoms with van der Waals surface area (Å²) in [5, 5.41) is 0. The van der Waals surface area contributed by atoms with Crippen molar-refractivity contribution in [1.82, 2.24) is 0 Å². The number of rotatable bonds is 5. The van der Waals surface area contributed by atoms with E-state index < -0.39 is 11.8 Å². The maximum atomic E-state index is 11.6. The van der Waals surface area contributed by atoms with Gasteiger partial charge in [0.05, 0.1) is 6.61 Å². The van der Waals surface area contributed by atoms with Gasteiger partial charge >= 0.3 is 5.97 Å². The summed E-state index contributed by atoms with van der Waals surface area (Å²) in [7, 11) is 0. The predicted molar refractivity (Wildman–Crippen MR) is 61.2 cm³/mol. The summed E-state index contributed by atoms with van der Waals surface area (Å²) >= 11 is 0. The Labute approximate surface area is 95.4 Å². The fourth-order valence-corrected chi connectivity index (χ4v) is 1.11. The molecule has 3 nitrogen and oxygen atoms in total. The third kappa shape index (κ3) is 3.50. The summed E-state index contributed by atoms with van der Waals surface area (Å²) in [4.78, 5) is 23.0. The Morgan fingerprint density at radius 1 is 1.25 bits per heavy atom. The largest absolute Gasteiger partial charge is 0.459 e. The van der Waals surface area contributed by atoms with Gasteiger partial charge in [-0.3, -0.25) is 4.79 Å². The summed E-state index contributed by atoms with van der Waals surface area (Å²) in [6.45, 7) is 4.28. The normalized spacial score (nSPS) is 11.9. The molecule has 1 aromatic carbocycles. The summed E-state index contributed by atoms with van der Waals surface area (Å²) < 4.78 is 4.92. The van der Waals surface area contributed by atoms with Crippen molar-refractivity contribution in [2.24, 2.45) is 5.92 Å². The van der Waals surface area contributed by atoms with Crippen LogP contribution in [0.15, 0.2) is 30.3 Å². The molecule has 0 aliphatic carbocycles. The second kappa shape index (κ2) is 6.05. The van der Waals surface area contributed by atoms with Crippen molar-refractivity contribution >= 4 is 11.8 Å². The molecule has 0 spiro atoms. The molecule has 0 fully saturated rings. The summed E-state index contributed by atoms with van der Waals surface area (Å²) in [6, 6.07) is 8.44. The first-order chi connectivity index (χ1) is 7.65. The summed E-state index contributed by atoms with van der Waals surface area (Å²) in [6.07, 6.45) is 0.923. The highest BCUT2D eigenvalue weighted by Gasteiger charge is 2.17. The Bertz CT molecular complexity index is 357. The number of ether oxygens (including phenoxy) is 1. The van der Waals surface area contributed by atoms with Gasteiger partial charge in [-0.1, -0.05) is 50.6 Å². The molecular formula is C13H16O3. The van der Waals surface area contributed by atoms with Crippen molar-refractivity contribution < 1.29 is 14.3 Å². The smallest absolute Gasteiger partial charge is 0.379 e. The van der Waals surface area contributed by atoms with Gasteiger partial charge in [-0.2, -0.15) is 0 Å². The van der Waals surface area contributed by atoms with Crippen LogP contribution in [-0.4, -0.2) is 18.4 Å². The van der Waals surface area contributed by atoms with Crippen molar-refractivity contribution in [3.63, 3.8) is 0 Å². The van der Waals surface area contributed by atoms with Crippen molar-refractivity contribution in [3.8, 4) is 0 Å². The number of hydrogen-bond donors (Lipinski definition) is 0. The van der Waals surface area contributed by atoms with Gasteiger partial charge in [0.2, 0.25) is 0 Å². The Balaban J connectivity index is 2.52. The SMILES string of the molecule is CCC(C)COC(=O)C(=O)c1ccccc1. The van der Waals surface area contributed by atoms with E-state index in [-0.39, 0.29) is 5.92 Å². The van der Waals surface area contributed by atoms with Crippen LogP contribution < -0.4 is 0 Å². The Morgan fingerprint density at radius 2 is 1.88 bits per heavy atom. The number of carbonyl (C=O) groups excluding carboxylic acids is 2. The van der Waals surface area contributed by atoms with Gasteiger partial charge in [0, 0.05) is 5.56 Å². The van der Waals surface area contributed by atoms with Crippen LogP contribution >= 0.6 is 0 Å². The molecule has 0 aliphatic heterocycles. The summed E-state index contributed by atoms with van der Waals surface area (Å²) in [5.41, 5.74) is 0.372. The van der Waals surface area contributed by atoms with Gasteiger partial charge in [-0.05, 0) is 5.92 Å². The van der Waals surface area contributed by atoms with Crippen LogP contribution in [0.4, 0.5) is 0 Å². The first-order valence-electron chi connectivity index (χ1n) is 5.41. The molecule has 1 aromatic rings. The monoisotopic (exact) mass is 220 g/mol. The lowest BCUT2D eigenvalue weighted by atomic mass is 10.1. The number of hydrogen-bond acceptors (Lipinski definition) is 3. The predicted octanol–water partition coefficient (Wildman–Crippen LogP) is 2.46. The van der Waals surface area contributed by atoms with E-state index in [2.05, 4.69) is 0 Å². The van der Waals surface area contributed by atoms with Gasteiger partial charge in [0.25, 0.3) is 5.78 Å². The molecule has 0 amide bonds. The molecule has 3 heteroatoms. The lowest BCUT2D eigenvalue weighted by Gasteiger charge is -2.08. The molecule has 86 valence electrons. The van der Waals surface area contributed by atoms with E-state index in [1.54, 1.807) is 30.3 Å². The first-order valence-corrected chi connectivity index (χ1v) is 5.41. The number of ketones is 1. The fourth-order valence-electron chi connectivity index (χ4n) is 1.11. The van der Waals surface area contributed by atoms with Gasteiger partial charge in [0.1, 0.15) is 0 Å². The van der Waals surface area contributed by atoms with Crippen LogP contribution in [0.25, 0.3) is 0 Å². The number of esters is 1. The second-order valence-corrected chi connectivity index (χ2v) is 3.81. The topological polar surface area (TPSA) is 43.4 Å². The van der Waals surface area contributed by atoms with Crippen LogP contribution in [0.3, 0.4) is 0 Å². The van der Waals surface area contributed by atoms with E-state index >= 15 is 0 Å². The molecule has 0 aliphatic rings. The summed E-state index contributed by atoms with van der Waals surface area (Å²) in [5.74, 6) is -1.07. The van der Waals surface area contributed by atoms with E-state index in [1.165, 1.54) is 0 Å². The zero-order valence-electron chi connectivity index (χ0n) is 9.60. The zero-order valence-corrected chi connectivity index (χ0v) is 9.60. The fraction of sp³-hybridized carbons (Fsp3) is 0.385. The molecule has 0 aromatic heterocycles. The Morgan fingerprint density at radius 3 is 2.44 bits per heavy atom. The van der Waals surface area contributed by atoms with Crippen LogP contribution in [0.5, 0.6) is 0 Å². The van der Waals surface area contributed by atoms with Crippen LogP contribution in [0, 0.1) is 5.92 Å². The van der Waals surface area contributed by atoms with Crippen molar-refractivity contribution in [3.05, 3.63) is 35.9 Å². The van der Waals surface area contributed by atoms with E-state index in [4.69, 9.17) is 4.74 Å². The van der Waals surface area contributed by atoms with Gasteiger partial charge in [-0.25, -0.2) is 4.79 Å². The van der Waals surface area contributed by atoms with E-state index in [9.17, 15) is 9.59 Å². The third-order valence-corrected chi connectivity index (χ3v) is 2.42. The van der Waals surface area contributed by atoms with Gasteiger partial charge < -0.3 is 4.74 Å². The maximum absolute atomic E-state index is 11.6. The average Bonchev–Trinajstić information content (AvgIpc) is 2.35. The molecule has 0 N–H and O–H groups in total. The molecule has 0 bridgehead atoms. The quantitative estimate of drug-likeness (QED) is 0.435. The van der Waals surface area contributed by atoms with Crippen molar-refractivity contribution in [2.75, 3.05) is 6.61 Å². The standard InChI is InChI=1S/C13H16O3/c1-3-10(2)9-16-13(15)12(14)11-7-5-4-6-8-11/h4-8,10H,3,9H2,1-2H3. The highest BCUT2D eigenvalue weighted by Crippen LogP contribution is 2.04. The van der Waals surface area contributed by atoms with Gasteiger partial charge in [-0.15, -0.1) is 0 Å². The van der Waals surface area contributed by atoms with Crippen LogP contribution in [0.1, 0.15) is 30.6 Å². The molecule has 1 rings (SSSR count). The average molecular weight is 220 g/mol. The first kappa shape index (κ1) is 12.4. The highest BCUT2D eigenvalue weighted by molar-refractivity contribution is 6.40. The molecule has 1 atom stereocenters. The molecule has 0 heterocycles. The number of benzene rings is 1. The lowest BCUT2D eigenvalue weighted by molar-refractivity contribution is -0.139. The zero-order chi connectivity index (χ0) is 12.0. The van der Waals surface area contributed by atoms with Crippen molar-refractivity contribution in [2.45, 2.75) is 20.3 Å². The minimum absolute atomic E-state index is 0.285. The Hall–Kier alpha value is -1.64. The second-order valence-electron chi connectivity index (χ2n) is 3.81. The molecule has 0 saturated heterocycles. The molecule has 0 saturated carbocycles. The minimum Gasteiger partial charge on any atom is -0.459 e. The third-order valence-electron chi connectivity index (χ3n) is 2.42. The minimum atomic E-state index is -0.772. The van der Waals surface area contributed by atoms with E-state index in [0.29, 0.717) is 12.2 Å². The number of carbonyl (C=O) groups is 2. The molecule has 16 heavy (non-hydrogen) atoms. The van der Waals surface area contributed by atoms with E-state index in [1.807, 2.05) is 13.8 Å². The van der Waals surface area contributed by atoms with Crippen LogP contribution in [0.2, 0.25) is 0 Å². The lowest BCUT2D eigenvalue weighted by Crippen LogP contribution is -2.20. The Kier molecular flexibility index (Phi) is 4.70. The highest BCUT2D eigenvalue weighted by atomic mass is 16.5. The maximum Gasteiger partial charge on any atom is 0.379 e. The van der Waals surface area contributed by atoms with Gasteiger partial charge in [0.15, 0.2) is 0 Å². The van der Waals surface area contributed by atoms with E-state index in [0.717, 1.165) is 6.42 Å². The molecular weight excluding hydrogens is 204 g/mol. The molecule has 1 unspecified atom stereocenters. The number of Topliss-reactive ketones (excluding diaryl/α,β-unsaturated/α-hetero) is 1. The van der Waals surface area contributed by atoms with Crippen LogP contribution in [-0.2, 0) is 9.53 Å². The van der Waals surface area contributed by atoms with Crippen molar-refractivity contribution in [1.29, 1.82) is 0 Å².